The van der Waals surface area contributed by atoms with E-state index < -0.39 is 185 Å². The van der Waals surface area contributed by atoms with Crippen LogP contribution in [0, 0.1) is 11.8 Å². The van der Waals surface area contributed by atoms with Crippen molar-refractivity contribution in [1.29, 1.82) is 0 Å². The summed E-state index contributed by atoms with van der Waals surface area (Å²) in [5.41, 5.74) is 7.26. The zero-order valence-corrected chi connectivity index (χ0v) is 43.8. The van der Waals surface area contributed by atoms with Crippen molar-refractivity contribution >= 4 is 23.7 Å². The highest BCUT2D eigenvalue weighted by atomic mass is 16.7. The SMILES string of the molecule is C[C@@H]1[C@H](O)[C@@H](C)/C=C/C=C/C=C/C=C/C=C/C=C/C=C/[C@H](O[C@@H]2O[C@H](C)[C@@H](O)[C@H](N=C(N)NO)[C@@H]2O)C[C@@H]2O[C@](O)(C[C@@H](O)C[C@@H](O)[C@H](O)CC[C@@H](O)C[C@@H](O)CC(=O)O[C@H]1C)C[C@H](O)[C@H]2NC(=O)NCC(=O)[C@H](O)CO. The number of cyclic esters (lactones) is 1. The molecule has 20 atom stereocenters. The molecule has 0 aromatic rings. The number of carbonyl (C=O) groups is 3. The third-order valence-electron chi connectivity index (χ3n) is 13.3. The molecular formula is C52H83N5O20. The van der Waals surface area contributed by atoms with Gasteiger partial charge in [-0.25, -0.2) is 15.3 Å². The lowest BCUT2D eigenvalue weighted by molar-refractivity contribution is -0.302. The lowest BCUT2D eigenvalue weighted by Gasteiger charge is -2.46. The van der Waals surface area contributed by atoms with E-state index in [-0.39, 0.29) is 25.2 Å². The Balaban J connectivity index is 2.00. The maximum atomic E-state index is 13.2. The standard InChI is InChI=1S/C52H83N5O20/c1-29-17-15-13-11-9-7-5-6-8-10-12-14-16-18-36(76-49-48(70)45(55-50(53)57-73)47(69)32(4)75-49)24-42-44(56-51(71)54-27-40(65)41(66)28-58)39(64)26-52(72,77-42)25-35(61)22-38(63)37(62)20-19-33(59)21-34(60)23-43(67)74-31(3)30(2)46(29)68/h5-18,29-39,41-42,44-49,58-64,66,68-70,72-73H,19-28H2,1-4H3,(H3,53,55,57)(H2,54,56,71)/b6-5+,9-7+,10-8+,13-11+,14-12+,17-15+,18-16+/t29-,30-,31-,32+,33+,34+,35-,36-,37+,38+,39-,41+,42-,44+,45-,46+,47+,48-,49-,52+/m0/s1. The lowest BCUT2D eigenvalue weighted by atomic mass is 9.87. The number of nitrogens with two attached hydrogens (primary N) is 1. The Labute approximate surface area is 448 Å². The lowest BCUT2D eigenvalue weighted by Crippen LogP contribution is -2.63. The van der Waals surface area contributed by atoms with E-state index in [0.717, 1.165) is 0 Å². The number of fused-ring (bicyclic) bond motifs is 2. The predicted molar refractivity (Wildman–Crippen MR) is 277 cm³/mol. The van der Waals surface area contributed by atoms with E-state index in [1.54, 1.807) is 92.2 Å². The van der Waals surface area contributed by atoms with E-state index in [1.807, 2.05) is 6.92 Å². The molecule has 0 aromatic heterocycles. The average Bonchev–Trinajstić information content (AvgIpc) is 3.36. The van der Waals surface area contributed by atoms with Crippen LogP contribution in [0.1, 0.15) is 79.1 Å². The van der Waals surface area contributed by atoms with Gasteiger partial charge in [0.25, 0.3) is 0 Å². The monoisotopic (exact) mass is 1100 g/mol. The summed E-state index contributed by atoms with van der Waals surface area (Å²) in [6.07, 6.45) is -0.458. The van der Waals surface area contributed by atoms with Crippen LogP contribution in [0.25, 0.3) is 0 Å². The van der Waals surface area contributed by atoms with Gasteiger partial charge in [-0.3, -0.25) is 14.8 Å². The molecule has 25 heteroatoms. The second-order valence-electron chi connectivity index (χ2n) is 19.8. The Bertz CT molecular complexity index is 2060. The molecule has 3 aliphatic rings. The van der Waals surface area contributed by atoms with Crippen molar-refractivity contribution in [3.05, 3.63) is 85.1 Å². The second-order valence-corrected chi connectivity index (χ2v) is 19.8. The molecule has 0 spiro atoms. The number of esters is 1. The number of aliphatic imine (C=N–C) groups is 1. The summed E-state index contributed by atoms with van der Waals surface area (Å²) >= 11 is 0. The van der Waals surface area contributed by atoms with Crippen LogP contribution in [0.4, 0.5) is 4.79 Å². The molecule has 0 aromatic carbocycles. The number of hydrogen-bond acceptors (Lipinski definition) is 21. The third kappa shape index (κ3) is 23.2. The number of allylic oxidation sites excluding steroid dienone is 12. The summed E-state index contributed by atoms with van der Waals surface area (Å²) in [5, 5.41) is 144. The first-order valence-corrected chi connectivity index (χ1v) is 25.7. The Morgan fingerprint density at radius 2 is 1.35 bits per heavy atom. The van der Waals surface area contributed by atoms with Gasteiger partial charge in [0.15, 0.2) is 17.9 Å². The number of hydroxylamine groups is 1. The minimum absolute atomic E-state index is 0.151. The van der Waals surface area contributed by atoms with E-state index in [0.29, 0.717) is 0 Å². The number of nitrogens with zero attached hydrogens (tertiary/aromatic N) is 1. The van der Waals surface area contributed by atoms with E-state index >= 15 is 0 Å². The van der Waals surface area contributed by atoms with E-state index in [4.69, 9.17) is 29.8 Å². The highest BCUT2D eigenvalue weighted by molar-refractivity contribution is 5.88. The van der Waals surface area contributed by atoms with Crippen LogP contribution in [-0.2, 0) is 28.5 Å². The average molecular weight is 1100 g/mol. The van der Waals surface area contributed by atoms with Gasteiger partial charge in [0, 0.05) is 37.5 Å². The van der Waals surface area contributed by atoms with Crippen LogP contribution in [0.2, 0.25) is 0 Å². The van der Waals surface area contributed by atoms with Crippen LogP contribution < -0.4 is 21.8 Å². The number of aliphatic hydroxyl groups is 12. The van der Waals surface area contributed by atoms with Crippen molar-refractivity contribution in [3.8, 4) is 0 Å². The molecule has 2 bridgehead atoms. The van der Waals surface area contributed by atoms with E-state index in [1.165, 1.54) is 19.1 Å². The summed E-state index contributed by atoms with van der Waals surface area (Å²) in [6, 6.07) is -3.88. The fourth-order valence-electron chi connectivity index (χ4n) is 8.71. The molecule has 2 saturated heterocycles. The van der Waals surface area contributed by atoms with Gasteiger partial charge in [-0.15, -0.1) is 0 Å². The molecule has 25 nitrogen and oxygen atoms in total. The molecule has 436 valence electrons. The minimum atomic E-state index is -2.41. The molecule has 0 aliphatic carbocycles. The highest BCUT2D eigenvalue weighted by Gasteiger charge is 2.49. The maximum absolute atomic E-state index is 13.2. The first-order chi connectivity index (χ1) is 36.4. The number of urea groups is 1. The van der Waals surface area contributed by atoms with Crippen molar-refractivity contribution in [2.75, 3.05) is 13.2 Å². The number of hydrogen-bond donors (Lipinski definition) is 17. The first kappa shape index (κ1) is 66.5. The number of Topliss-reactive ketones (excluding diaryl/α,β-unsaturated/α-hetero) is 1. The largest absolute Gasteiger partial charge is 0.462 e. The Morgan fingerprint density at radius 3 is 1.95 bits per heavy atom. The summed E-state index contributed by atoms with van der Waals surface area (Å²) in [5.74, 6) is -5.45. The van der Waals surface area contributed by atoms with E-state index in [9.17, 15) is 75.8 Å². The van der Waals surface area contributed by atoms with Gasteiger partial charge in [0.1, 0.15) is 30.5 Å². The van der Waals surface area contributed by atoms with Crippen molar-refractivity contribution in [2.45, 2.75) is 189 Å². The Hall–Kier alpha value is -4.78. The van der Waals surface area contributed by atoms with Gasteiger partial charge in [0.05, 0.1) is 86.7 Å². The molecule has 0 unspecified atom stereocenters. The topological polar surface area (TPSA) is 426 Å². The molecule has 3 aliphatic heterocycles. The summed E-state index contributed by atoms with van der Waals surface area (Å²) < 4.78 is 23.7. The van der Waals surface area contributed by atoms with Gasteiger partial charge in [0.2, 0.25) is 5.96 Å². The Kier molecular flexibility index (Phi) is 29.0. The van der Waals surface area contributed by atoms with Gasteiger partial charge in [-0.1, -0.05) is 98.9 Å². The molecule has 0 saturated carbocycles. The summed E-state index contributed by atoms with van der Waals surface area (Å²) in [6.45, 7) is 4.96. The highest BCUT2D eigenvalue weighted by Crippen LogP contribution is 2.36. The molecule has 18 N–H and O–H groups in total. The van der Waals surface area contributed by atoms with Crippen LogP contribution in [0.5, 0.6) is 0 Å². The van der Waals surface area contributed by atoms with E-state index in [2.05, 4.69) is 15.6 Å². The normalized spacial score (nSPS) is 40.7. The number of carbonyl (C=O) groups excluding carboxylic acids is 3. The number of rotatable bonds is 8. The number of amides is 2. The van der Waals surface area contributed by atoms with Crippen molar-refractivity contribution in [3.63, 3.8) is 0 Å². The number of ether oxygens (including phenoxy) is 4. The van der Waals surface area contributed by atoms with Crippen molar-refractivity contribution in [2.24, 2.45) is 22.6 Å². The van der Waals surface area contributed by atoms with Crippen molar-refractivity contribution in [1.82, 2.24) is 16.1 Å². The number of ketones is 1. The molecule has 2 fully saturated rings. The predicted octanol–water partition coefficient (Wildman–Crippen LogP) is -2.06. The molecule has 3 rings (SSSR count). The molecular weight excluding hydrogens is 1010 g/mol. The van der Waals surface area contributed by atoms with Crippen LogP contribution >= 0.6 is 0 Å². The maximum Gasteiger partial charge on any atom is 0.315 e. The minimum Gasteiger partial charge on any atom is -0.462 e. The fourth-order valence-corrected chi connectivity index (χ4v) is 8.71. The number of aliphatic hydroxyl groups excluding tert-OH is 11. The molecule has 0 radical (unpaired) electrons. The quantitative estimate of drug-likeness (QED) is 0.0538. The fraction of sp³-hybridized carbons (Fsp3) is 0.654. The number of guanidine groups is 1. The van der Waals surface area contributed by atoms with Crippen molar-refractivity contribution < 1.29 is 99.8 Å². The molecule has 77 heavy (non-hydrogen) atoms. The zero-order valence-electron chi connectivity index (χ0n) is 43.8. The number of nitrogens with one attached hydrogen (secondary N) is 3. The first-order valence-electron chi connectivity index (χ1n) is 25.7. The smallest absolute Gasteiger partial charge is 0.315 e. The van der Waals surface area contributed by atoms with Gasteiger partial charge >= 0.3 is 12.0 Å². The Morgan fingerprint density at radius 1 is 0.753 bits per heavy atom. The van der Waals surface area contributed by atoms with Gasteiger partial charge < -0.3 is 96.6 Å². The third-order valence-corrected chi connectivity index (χ3v) is 13.3. The van der Waals surface area contributed by atoms with Gasteiger partial charge in [-0.05, 0) is 33.1 Å². The van der Waals surface area contributed by atoms with Crippen LogP contribution in [0.3, 0.4) is 0 Å². The summed E-state index contributed by atoms with van der Waals surface area (Å²) in [7, 11) is 0. The van der Waals surface area contributed by atoms with Gasteiger partial charge in [-0.2, -0.15) is 0 Å². The second kappa shape index (κ2) is 33.6. The zero-order chi connectivity index (χ0) is 57.4. The summed E-state index contributed by atoms with van der Waals surface area (Å²) in [4.78, 5) is 42.0. The van der Waals surface area contributed by atoms with Crippen LogP contribution in [0.15, 0.2) is 90.1 Å². The molecule has 2 amide bonds. The van der Waals surface area contributed by atoms with Crippen LogP contribution in [-0.4, -0.2) is 213 Å². The molecule has 3 heterocycles.